The predicted octanol–water partition coefficient (Wildman–Crippen LogP) is 1.61. The Labute approximate surface area is 74.3 Å². The van der Waals surface area contributed by atoms with Crippen LogP contribution in [0.4, 0.5) is 0 Å². The average molecular weight is 188 g/mol. The lowest BCUT2D eigenvalue weighted by molar-refractivity contribution is 0.132. The molecule has 0 spiro atoms. The fraction of sp³-hybridized carbons (Fsp3) is 1.00. The van der Waals surface area contributed by atoms with Crippen LogP contribution < -0.4 is 0 Å². The van der Waals surface area contributed by atoms with Crippen molar-refractivity contribution in [1.82, 2.24) is 0 Å². The molecule has 12 heavy (non-hydrogen) atoms. The third-order valence-electron chi connectivity index (χ3n) is 3.55. The maximum absolute atomic E-state index is 11.1. The Morgan fingerprint density at radius 2 is 1.67 bits per heavy atom. The molecular formula is C9H16O2S. The molecule has 70 valence electrons. The molecule has 2 fully saturated rings. The van der Waals surface area contributed by atoms with Crippen molar-refractivity contribution in [1.29, 1.82) is 0 Å². The van der Waals surface area contributed by atoms with Gasteiger partial charge in [-0.1, -0.05) is 19.3 Å². The monoisotopic (exact) mass is 188 g/mol. The maximum atomic E-state index is 11.1. The highest BCUT2D eigenvalue weighted by atomic mass is 32.2. The van der Waals surface area contributed by atoms with Crippen LogP contribution in [0.25, 0.3) is 0 Å². The lowest BCUT2D eigenvalue weighted by Crippen LogP contribution is -2.40. The van der Waals surface area contributed by atoms with Gasteiger partial charge in [-0.3, -0.25) is 0 Å². The van der Waals surface area contributed by atoms with Crippen molar-refractivity contribution in [3.8, 4) is 0 Å². The molecule has 2 aliphatic rings. The Morgan fingerprint density at radius 3 is 2.00 bits per heavy atom. The SMILES string of the molecule is CS(=O)(=O)C1CC(C2CCC2)C1. The summed E-state index contributed by atoms with van der Waals surface area (Å²) in [6.45, 7) is 0. The summed E-state index contributed by atoms with van der Waals surface area (Å²) in [4.78, 5) is 0. The Kier molecular flexibility index (Phi) is 1.94. The van der Waals surface area contributed by atoms with E-state index in [1.807, 2.05) is 0 Å². The second-order valence-corrected chi connectivity index (χ2v) is 6.70. The standard InChI is InChI=1S/C9H16O2S/c1-12(10,11)9-5-8(6-9)7-3-2-4-7/h7-9H,2-6H2,1H3. The molecule has 0 bridgehead atoms. The topological polar surface area (TPSA) is 34.1 Å². The molecule has 0 aromatic rings. The van der Waals surface area contributed by atoms with Gasteiger partial charge in [0.25, 0.3) is 0 Å². The molecule has 0 saturated heterocycles. The molecule has 2 nitrogen and oxygen atoms in total. The van der Waals surface area contributed by atoms with E-state index in [2.05, 4.69) is 0 Å². The third kappa shape index (κ3) is 1.39. The van der Waals surface area contributed by atoms with Crippen molar-refractivity contribution in [2.75, 3.05) is 6.26 Å². The van der Waals surface area contributed by atoms with Crippen LogP contribution >= 0.6 is 0 Å². The van der Waals surface area contributed by atoms with Gasteiger partial charge in [0, 0.05) is 6.26 Å². The van der Waals surface area contributed by atoms with E-state index in [-0.39, 0.29) is 5.25 Å². The minimum atomic E-state index is -2.72. The molecule has 0 unspecified atom stereocenters. The normalized spacial score (nSPS) is 37.1. The van der Waals surface area contributed by atoms with Gasteiger partial charge in [-0.2, -0.15) is 0 Å². The summed E-state index contributed by atoms with van der Waals surface area (Å²) < 4.78 is 22.2. The number of hydrogen-bond acceptors (Lipinski definition) is 2. The lowest BCUT2D eigenvalue weighted by atomic mass is 9.67. The first-order valence-electron chi connectivity index (χ1n) is 4.76. The molecule has 0 aliphatic heterocycles. The zero-order chi connectivity index (χ0) is 8.77. The summed E-state index contributed by atoms with van der Waals surface area (Å²) in [7, 11) is -2.72. The van der Waals surface area contributed by atoms with E-state index >= 15 is 0 Å². The Morgan fingerprint density at radius 1 is 1.08 bits per heavy atom. The molecule has 0 amide bonds. The minimum Gasteiger partial charge on any atom is -0.229 e. The first-order chi connectivity index (χ1) is 5.57. The average Bonchev–Trinajstić information content (AvgIpc) is 1.67. The van der Waals surface area contributed by atoms with Crippen molar-refractivity contribution < 1.29 is 8.42 Å². The fourth-order valence-electron chi connectivity index (χ4n) is 2.25. The Bertz CT molecular complexity index is 258. The third-order valence-corrected chi connectivity index (χ3v) is 5.15. The Hall–Kier alpha value is -0.0500. The molecule has 0 aromatic carbocycles. The largest absolute Gasteiger partial charge is 0.229 e. The molecule has 2 saturated carbocycles. The quantitative estimate of drug-likeness (QED) is 0.659. The van der Waals surface area contributed by atoms with Crippen molar-refractivity contribution in [3.05, 3.63) is 0 Å². The van der Waals surface area contributed by atoms with Crippen LogP contribution in [-0.2, 0) is 9.84 Å². The van der Waals surface area contributed by atoms with Gasteiger partial charge in [0.15, 0.2) is 0 Å². The second-order valence-electron chi connectivity index (χ2n) is 4.37. The van der Waals surface area contributed by atoms with Crippen LogP contribution in [0.2, 0.25) is 0 Å². The summed E-state index contributed by atoms with van der Waals surface area (Å²) in [5, 5.41) is 0.00287. The van der Waals surface area contributed by atoms with Crippen LogP contribution in [0, 0.1) is 11.8 Å². The van der Waals surface area contributed by atoms with Crippen molar-refractivity contribution in [2.24, 2.45) is 11.8 Å². The zero-order valence-corrected chi connectivity index (χ0v) is 8.31. The van der Waals surface area contributed by atoms with Crippen molar-refractivity contribution in [2.45, 2.75) is 37.4 Å². The van der Waals surface area contributed by atoms with Crippen LogP contribution in [0.15, 0.2) is 0 Å². The summed E-state index contributed by atoms with van der Waals surface area (Å²) in [5.41, 5.74) is 0. The first-order valence-corrected chi connectivity index (χ1v) is 6.71. The van der Waals surface area contributed by atoms with E-state index in [4.69, 9.17) is 0 Å². The van der Waals surface area contributed by atoms with Crippen LogP contribution in [0.5, 0.6) is 0 Å². The highest BCUT2D eigenvalue weighted by molar-refractivity contribution is 7.91. The van der Waals surface area contributed by atoms with Gasteiger partial charge in [0.05, 0.1) is 5.25 Å². The van der Waals surface area contributed by atoms with Crippen LogP contribution in [0.3, 0.4) is 0 Å². The van der Waals surface area contributed by atoms with E-state index in [1.165, 1.54) is 25.5 Å². The molecule has 3 heteroatoms. The summed E-state index contributed by atoms with van der Waals surface area (Å²) in [6, 6.07) is 0. The molecule has 2 aliphatic carbocycles. The van der Waals surface area contributed by atoms with E-state index in [9.17, 15) is 8.42 Å². The fourth-order valence-corrected chi connectivity index (χ4v) is 3.45. The predicted molar refractivity (Wildman–Crippen MR) is 48.7 cm³/mol. The highest BCUT2D eigenvalue weighted by Gasteiger charge is 2.41. The van der Waals surface area contributed by atoms with Gasteiger partial charge >= 0.3 is 0 Å². The minimum absolute atomic E-state index is 0.00287. The summed E-state index contributed by atoms with van der Waals surface area (Å²) >= 11 is 0. The van der Waals surface area contributed by atoms with Crippen molar-refractivity contribution >= 4 is 9.84 Å². The molecular weight excluding hydrogens is 172 g/mol. The lowest BCUT2D eigenvalue weighted by Gasteiger charge is -2.43. The first kappa shape index (κ1) is 8.54. The smallest absolute Gasteiger partial charge is 0.150 e. The molecule has 0 heterocycles. The number of hydrogen-bond donors (Lipinski definition) is 0. The molecule has 0 N–H and O–H groups in total. The second kappa shape index (κ2) is 2.72. The summed E-state index contributed by atoms with van der Waals surface area (Å²) in [6.07, 6.45) is 7.33. The van der Waals surface area contributed by atoms with Crippen LogP contribution in [-0.4, -0.2) is 19.9 Å². The van der Waals surface area contributed by atoms with E-state index in [1.54, 1.807) is 0 Å². The van der Waals surface area contributed by atoms with Gasteiger partial charge in [0.1, 0.15) is 9.84 Å². The van der Waals surface area contributed by atoms with Gasteiger partial charge < -0.3 is 0 Å². The highest BCUT2D eigenvalue weighted by Crippen LogP contribution is 2.45. The molecule has 0 radical (unpaired) electrons. The molecule has 0 aromatic heterocycles. The van der Waals surface area contributed by atoms with Crippen molar-refractivity contribution in [3.63, 3.8) is 0 Å². The van der Waals surface area contributed by atoms with Gasteiger partial charge in [0.2, 0.25) is 0 Å². The molecule has 0 atom stereocenters. The summed E-state index contributed by atoms with van der Waals surface area (Å²) in [5.74, 6) is 1.63. The maximum Gasteiger partial charge on any atom is 0.150 e. The van der Waals surface area contributed by atoms with Gasteiger partial charge in [-0.15, -0.1) is 0 Å². The van der Waals surface area contributed by atoms with Crippen LogP contribution in [0.1, 0.15) is 32.1 Å². The number of sulfone groups is 1. The van der Waals surface area contributed by atoms with E-state index < -0.39 is 9.84 Å². The van der Waals surface area contributed by atoms with Gasteiger partial charge in [-0.05, 0) is 24.7 Å². The zero-order valence-electron chi connectivity index (χ0n) is 7.49. The number of rotatable bonds is 2. The van der Waals surface area contributed by atoms with E-state index in [0.29, 0.717) is 0 Å². The molecule has 2 rings (SSSR count). The van der Waals surface area contributed by atoms with E-state index in [0.717, 1.165) is 24.7 Å². The van der Waals surface area contributed by atoms with Gasteiger partial charge in [-0.25, -0.2) is 8.42 Å². The Balaban J connectivity index is 1.83.